The Bertz CT molecular complexity index is 434. The molecule has 6 nitrogen and oxygen atoms in total. The van der Waals surface area contributed by atoms with Crippen LogP contribution in [0.1, 0.15) is 17.9 Å². The second-order valence-electron chi connectivity index (χ2n) is 3.10. The molecule has 0 aliphatic heterocycles. The third-order valence-corrected chi connectivity index (χ3v) is 1.98. The molecule has 6 heteroatoms. The third-order valence-electron chi connectivity index (χ3n) is 1.98. The summed E-state index contributed by atoms with van der Waals surface area (Å²) in [6.07, 6.45) is 3.27. The first-order valence-corrected chi connectivity index (χ1v) is 4.55. The number of nitrogens with two attached hydrogens (primary N) is 1. The molecule has 2 aromatic heterocycles. The van der Waals surface area contributed by atoms with E-state index in [2.05, 4.69) is 20.3 Å². The van der Waals surface area contributed by atoms with Crippen LogP contribution in [0.4, 0.5) is 0 Å². The van der Waals surface area contributed by atoms with E-state index in [1.54, 1.807) is 10.8 Å². The second kappa shape index (κ2) is 3.67. The molecule has 0 fully saturated rings. The van der Waals surface area contributed by atoms with Crippen molar-refractivity contribution in [2.24, 2.45) is 5.73 Å². The molecule has 0 saturated carbocycles. The molecule has 0 saturated heterocycles. The van der Waals surface area contributed by atoms with Crippen LogP contribution in [-0.4, -0.2) is 31.3 Å². The van der Waals surface area contributed by atoms with E-state index in [-0.39, 0.29) is 0 Å². The monoisotopic (exact) mass is 192 g/mol. The molecule has 0 aromatic carbocycles. The van der Waals surface area contributed by atoms with Gasteiger partial charge >= 0.3 is 0 Å². The first-order valence-electron chi connectivity index (χ1n) is 4.55. The van der Waals surface area contributed by atoms with Crippen LogP contribution in [0, 0.1) is 6.92 Å². The van der Waals surface area contributed by atoms with Gasteiger partial charge in [-0.1, -0.05) is 0 Å². The zero-order valence-corrected chi connectivity index (χ0v) is 8.01. The number of nitrogens with zero attached hydrogens (tertiary/aromatic N) is 5. The van der Waals surface area contributed by atoms with E-state index in [1.165, 1.54) is 0 Å². The van der Waals surface area contributed by atoms with E-state index >= 15 is 0 Å². The Morgan fingerprint density at radius 2 is 2.36 bits per heavy atom. The molecule has 0 radical (unpaired) electrons. The van der Waals surface area contributed by atoms with Gasteiger partial charge in [0, 0.05) is 6.42 Å². The van der Waals surface area contributed by atoms with Crippen molar-refractivity contribution in [2.45, 2.75) is 19.8 Å². The molecule has 14 heavy (non-hydrogen) atoms. The fourth-order valence-electron chi connectivity index (χ4n) is 1.30. The van der Waals surface area contributed by atoms with Gasteiger partial charge in [0.25, 0.3) is 0 Å². The smallest absolute Gasteiger partial charge is 0.198 e. The van der Waals surface area contributed by atoms with Crippen LogP contribution in [0.5, 0.6) is 0 Å². The summed E-state index contributed by atoms with van der Waals surface area (Å²) in [6.45, 7) is 2.56. The zero-order valence-electron chi connectivity index (χ0n) is 8.01. The highest BCUT2D eigenvalue weighted by atomic mass is 15.4. The molecule has 0 atom stereocenters. The molecule has 2 rings (SSSR count). The molecule has 74 valence electrons. The highest BCUT2D eigenvalue weighted by Crippen LogP contribution is 2.03. The molecule has 0 unspecified atom stereocenters. The van der Waals surface area contributed by atoms with Gasteiger partial charge < -0.3 is 5.73 Å². The van der Waals surface area contributed by atoms with Gasteiger partial charge in [0.1, 0.15) is 12.2 Å². The quantitative estimate of drug-likeness (QED) is 0.723. The van der Waals surface area contributed by atoms with E-state index in [4.69, 9.17) is 5.73 Å². The number of hydrogen-bond donors (Lipinski definition) is 1. The predicted molar refractivity (Wildman–Crippen MR) is 50.7 cm³/mol. The molecular formula is C8H12N6. The lowest BCUT2D eigenvalue weighted by molar-refractivity contribution is 0.728. The number of fused-ring (bicyclic) bond motifs is 1. The molecule has 0 amide bonds. The Balaban J connectivity index is 2.38. The fourth-order valence-corrected chi connectivity index (χ4v) is 1.30. The van der Waals surface area contributed by atoms with Crippen molar-refractivity contribution in [1.29, 1.82) is 0 Å². The number of aromatic nitrogens is 5. The average Bonchev–Trinajstić information content (AvgIpc) is 2.63. The summed E-state index contributed by atoms with van der Waals surface area (Å²) in [5, 5.41) is 11.9. The number of rotatable bonds is 3. The molecule has 0 spiro atoms. The highest BCUT2D eigenvalue weighted by molar-refractivity contribution is 5.39. The third kappa shape index (κ3) is 1.56. The van der Waals surface area contributed by atoms with Crippen molar-refractivity contribution in [3.05, 3.63) is 17.8 Å². The summed E-state index contributed by atoms with van der Waals surface area (Å²) in [4.78, 5) is 4.32. The normalized spacial score (nSPS) is 11.0. The van der Waals surface area contributed by atoms with Gasteiger partial charge in [-0.15, -0.1) is 15.3 Å². The number of aryl methyl sites for hydroxylation is 2. The minimum atomic E-state index is 0.655. The van der Waals surface area contributed by atoms with Gasteiger partial charge in [-0.3, -0.25) is 0 Å². The number of hydrogen-bond acceptors (Lipinski definition) is 5. The van der Waals surface area contributed by atoms with E-state index in [0.717, 1.165) is 24.4 Å². The van der Waals surface area contributed by atoms with Crippen LogP contribution < -0.4 is 5.73 Å². The lowest BCUT2D eigenvalue weighted by atomic mass is 10.3. The van der Waals surface area contributed by atoms with Crippen LogP contribution in [0.25, 0.3) is 5.65 Å². The maximum atomic E-state index is 5.42. The van der Waals surface area contributed by atoms with E-state index < -0.39 is 0 Å². The van der Waals surface area contributed by atoms with Gasteiger partial charge in [0.05, 0.1) is 5.69 Å². The zero-order chi connectivity index (χ0) is 9.97. The maximum absolute atomic E-state index is 5.42. The van der Waals surface area contributed by atoms with Crippen molar-refractivity contribution in [3.8, 4) is 0 Å². The summed E-state index contributed by atoms with van der Waals surface area (Å²) >= 11 is 0. The molecule has 0 aliphatic carbocycles. The fraction of sp³-hybridized carbons (Fsp3) is 0.500. The van der Waals surface area contributed by atoms with Crippen LogP contribution >= 0.6 is 0 Å². The summed E-state index contributed by atoms with van der Waals surface area (Å²) in [5.41, 5.74) is 6.98. The van der Waals surface area contributed by atoms with Crippen molar-refractivity contribution in [1.82, 2.24) is 24.8 Å². The van der Waals surface area contributed by atoms with Crippen molar-refractivity contribution in [2.75, 3.05) is 6.54 Å². The largest absolute Gasteiger partial charge is 0.330 e. The van der Waals surface area contributed by atoms with Gasteiger partial charge in [0.2, 0.25) is 0 Å². The highest BCUT2D eigenvalue weighted by Gasteiger charge is 2.04. The summed E-state index contributed by atoms with van der Waals surface area (Å²) in [6, 6.07) is 0. The predicted octanol–water partition coefficient (Wildman–Crippen LogP) is -0.281. The Morgan fingerprint density at radius 1 is 1.50 bits per heavy atom. The summed E-state index contributed by atoms with van der Waals surface area (Å²) in [7, 11) is 0. The van der Waals surface area contributed by atoms with Gasteiger partial charge in [-0.2, -0.15) is 4.52 Å². The first-order chi connectivity index (χ1) is 6.81. The topological polar surface area (TPSA) is 82.0 Å². The first kappa shape index (κ1) is 9.01. The lowest BCUT2D eigenvalue weighted by Crippen LogP contribution is -2.07. The molecule has 2 aromatic rings. The minimum Gasteiger partial charge on any atom is -0.330 e. The van der Waals surface area contributed by atoms with Crippen LogP contribution in [-0.2, 0) is 6.42 Å². The van der Waals surface area contributed by atoms with Crippen LogP contribution in [0.15, 0.2) is 6.33 Å². The SMILES string of the molecule is Cc1nc(CCCN)nn2cnnc12. The van der Waals surface area contributed by atoms with E-state index in [0.29, 0.717) is 12.2 Å². The molecule has 2 heterocycles. The Morgan fingerprint density at radius 3 is 3.14 bits per heavy atom. The Labute approximate surface area is 81.2 Å². The standard InChI is InChI=1S/C8H12N6/c1-6-8-12-10-5-14(8)13-7(11-6)3-2-4-9/h5H,2-4,9H2,1H3. The van der Waals surface area contributed by atoms with Crippen LogP contribution in [0.3, 0.4) is 0 Å². The molecular weight excluding hydrogens is 180 g/mol. The summed E-state index contributed by atoms with van der Waals surface area (Å²) in [5.74, 6) is 0.792. The molecule has 0 bridgehead atoms. The molecule has 0 aliphatic rings. The maximum Gasteiger partial charge on any atom is 0.198 e. The van der Waals surface area contributed by atoms with Crippen molar-refractivity contribution in [3.63, 3.8) is 0 Å². The summed E-state index contributed by atoms with van der Waals surface area (Å²) < 4.78 is 1.65. The molecule has 2 N–H and O–H groups in total. The van der Waals surface area contributed by atoms with Gasteiger partial charge in [-0.05, 0) is 19.9 Å². The van der Waals surface area contributed by atoms with Crippen molar-refractivity contribution >= 4 is 5.65 Å². The van der Waals surface area contributed by atoms with E-state index in [1.807, 2.05) is 6.92 Å². The van der Waals surface area contributed by atoms with Crippen molar-refractivity contribution < 1.29 is 0 Å². The average molecular weight is 192 g/mol. The second-order valence-corrected chi connectivity index (χ2v) is 3.10. The Hall–Kier alpha value is -1.56. The van der Waals surface area contributed by atoms with E-state index in [9.17, 15) is 0 Å². The van der Waals surface area contributed by atoms with Gasteiger partial charge in [-0.25, -0.2) is 4.98 Å². The van der Waals surface area contributed by atoms with Gasteiger partial charge in [0.15, 0.2) is 5.65 Å². The lowest BCUT2D eigenvalue weighted by Gasteiger charge is -2.00. The van der Waals surface area contributed by atoms with Crippen LogP contribution in [0.2, 0.25) is 0 Å². The minimum absolute atomic E-state index is 0.655. The Kier molecular flexibility index (Phi) is 2.36.